The van der Waals surface area contributed by atoms with Gasteiger partial charge in [-0.25, -0.2) is 4.79 Å². The monoisotopic (exact) mass is 441 g/mol. The van der Waals surface area contributed by atoms with Crippen LogP contribution in [0.4, 0.5) is 4.79 Å². The number of carbonyl (C=O) groups is 3. The topological polar surface area (TPSA) is 120 Å². The average molecular weight is 442 g/mol. The van der Waals surface area contributed by atoms with Gasteiger partial charge in [-0.05, 0) is 30.0 Å². The van der Waals surface area contributed by atoms with Crippen LogP contribution in [0.3, 0.4) is 0 Å². The molecule has 2 aromatic carbocycles. The second kappa shape index (κ2) is 13.7. The van der Waals surface area contributed by atoms with Crippen LogP contribution in [-0.2, 0) is 27.4 Å². The van der Waals surface area contributed by atoms with Gasteiger partial charge in [-0.3, -0.25) is 9.59 Å². The Morgan fingerprint density at radius 3 is 2.41 bits per heavy atom. The van der Waals surface area contributed by atoms with Gasteiger partial charge in [-0.1, -0.05) is 55.0 Å². The number of unbranched alkanes of at least 4 members (excludes halogenated alkanes) is 2. The fraction of sp³-hybridized carbons (Fsp3) is 0.375. The molecule has 0 saturated carbocycles. The molecule has 0 unspecified atom stereocenters. The summed E-state index contributed by atoms with van der Waals surface area (Å²) in [5.41, 5.74) is 7.18. The lowest BCUT2D eigenvalue weighted by Gasteiger charge is -2.17. The van der Waals surface area contributed by atoms with Crippen molar-refractivity contribution in [2.75, 3.05) is 13.7 Å². The van der Waals surface area contributed by atoms with Gasteiger partial charge in [0.25, 0.3) is 0 Å². The van der Waals surface area contributed by atoms with Crippen LogP contribution in [0.2, 0.25) is 0 Å². The van der Waals surface area contributed by atoms with E-state index in [1.165, 1.54) is 0 Å². The summed E-state index contributed by atoms with van der Waals surface area (Å²) in [6.07, 6.45) is 2.17. The van der Waals surface area contributed by atoms with Crippen LogP contribution >= 0.6 is 0 Å². The second-order valence-corrected chi connectivity index (χ2v) is 7.34. The third kappa shape index (κ3) is 9.07. The van der Waals surface area contributed by atoms with Crippen molar-refractivity contribution in [3.05, 3.63) is 65.7 Å². The summed E-state index contributed by atoms with van der Waals surface area (Å²) in [6, 6.07) is 15.9. The first-order chi connectivity index (χ1) is 15.5. The first kappa shape index (κ1) is 24.7. The lowest BCUT2D eigenvalue weighted by Crippen LogP contribution is -2.45. The molecule has 8 nitrogen and oxygen atoms in total. The number of alkyl carbamates (subject to hydrolysis) is 1. The van der Waals surface area contributed by atoms with Crippen molar-refractivity contribution in [1.82, 2.24) is 10.6 Å². The summed E-state index contributed by atoms with van der Waals surface area (Å²) in [5.74, 6) is -0.191. The molecule has 0 fully saturated rings. The normalized spacial score (nSPS) is 11.3. The smallest absolute Gasteiger partial charge is 0.407 e. The molecule has 4 N–H and O–H groups in total. The number of primary amides is 1. The van der Waals surface area contributed by atoms with Gasteiger partial charge in [0.15, 0.2) is 0 Å². The minimum atomic E-state index is -0.806. The fourth-order valence-corrected chi connectivity index (χ4v) is 3.13. The lowest BCUT2D eigenvalue weighted by atomic mass is 10.0. The van der Waals surface area contributed by atoms with Crippen molar-refractivity contribution in [2.45, 2.75) is 44.8 Å². The number of hydrogen-bond donors (Lipinski definition) is 3. The van der Waals surface area contributed by atoms with Crippen molar-refractivity contribution >= 4 is 17.9 Å². The number of nitrogens with two attached hydrogens (primary N) is 1. The summed E-state index contributed by atoms with van der Waals surface area (Å²) in [5, 5.41) is 5.39. The Morgan fingerprint density at radius 2 is 1.69 bits per heavy atom. The molecule has 0 spiro atoms. The van der Waals surface area contributed by atoms with Gasteiger partial charge < -0.3 is 25.8 Å². The molecule has 0 heterocycles. The number of nitrogens with one attached hydrogen (secondary N) is 2. The first-order valence-corrected chi connectivity index (χ1v) is 10.6. The summed E-state index contributed by atoms with van der Waals surface area (Å²) >= 11 is 0. The molecule has 0 aliphatic heterocycles. The molecule has 0 bridgehead atoms. The van der Waals surface area contributed by atoms with Crippen LogP contribution in [-0.4, -0.2) is 37.6 Å². The summed E-state index contributed by atoms with van der Waals surface area (Å²) in [7, 11) is 1.55. The number of para-hydroxylation sites is 1. The molecule has 0 saturated heterocycles. The van der Waals surface area contributed by atoms with Crippen LogP contribution in [0.25, 0.3) is 0 Å². The molecule has 2 aromatic rings. The van der Waals surface area contributed by atoms with E-state index in [4.69, 9.17) is 15.2 Å². The second-order valence-electron chi connectivity index (χ2n) is 7.34. The highest BCUT2D eigenvalue weighted by Gasteiger charge is 2.20. The Labute approximate surface area is 188 Å². The number of rotatable bonds is 13. The van der Waals surface area contributed by atoms with Crippen LogP contribution < -0.4 is 21.1 Å². The van der Waals surface area contributed by atoms with Crippen molar-refractivity contribution in [1.29, 1.82) is 0 Å². The molecule has 32 heavy (non-hydrogen) atoms. The predicted octanol–water partition coefficient (Wildman–Crippen LogP) is 2.69. The minimum Gasteiger partial charge on any atom is -0.496 e. The van der Waals surface area contributed by atoms with Gasteiger partial charge in [0.1, 0.15) is 18.4 Å². The van der Waals surface area contributed by atoms with Crippen molar-refractivity contribution in [3.8, 4) is 5.75 Å². The van der Waals surface area contributed by atoms with Gasteiger partial charge in [0.2, 0.25) is 11.8 Å². The van der Waals surface area contributed by atoms with Crippen molar-refractivity contribution in [3.63, 3.8) is 0 Å². The van der Waals surface area contributed by atoms with Crippen LogP contribution in [0.5, 0.6) is 5.75 Å². The van der Waals surface area contributed by atoms with Gasteiger partial charge in [-0.15, -0.1) is 0 Å². The number of methoxy groups -OCH3 is 1. The number of amides is 3. The molecule has 3 amide bonds. The first-order valence-electron chi connectivity index (χ1n) is 10.6. The quantitative estimate of drug-likeness (QED) is 0.413. The Kier molecular flexibility index (Phi) is 10.6. The molecule has 0 aromatic heterocycles. The van der Waals surface area contributed by atoms with Gasteiger partial charge in [0.05, 0.1) is 7.11 Å². The van der Waals surface area contributed by atoms with Crippen molar-refractivity contribution < 1.29 is 23.9 Å². The van der Waals surface area contributed by atoms with Crippen molar-refractivity contribution in [2.24, 2.45) is 5.73 Å². The Balaban J connectivity index is 1.61. The minimum absolute atomic E-state index is 0.225. The van der Waals surface area contributed by atoms with E-state index in [9.17, 15) is 14.4 Å². The number of ether oxygens (including phenoxy) is 2. The van der Waals surface area contributed by atoms with E-state index in [-0.39, 0.29) is 25.4 Å². The summed E-state index contributed by atoms with van der Waals surface area (Å²) < 4.78 is 10.4. The lowest BCUT2D eigenvalue weighted by molar-refractivity contribution is -0.127. The maximum atomic E-state index is 12.2. The number of benzene rings is 2. The maximum Gasteiger partial charge on any atom is 0.407 e. The molecule has 172 valence electrons. The summed E-state index contributed by atoms with van der Waals surface area (Å²) in [6.45, 7) is 0.690. The molecular formula is C24H31N3O5. The SMILES string of the molecule is COc1ccccc1C[C@@H](NC(=O)CCCCCNC(=O)OCc1ccccc1)C(N)=O. The summed E-state index contributed by atoms with van der Waals surface area (Å²) in [4.78, 5) is 35.7. The van der Waals surface area contributed by atoms with Crippen LogP contribution in [0.1, 0.15) is 36.8 Å². The Morgan fingerprint density at radius 1 is 0.969 bits per heavy atom. The highest BCUT2D eigenvalue weighted by molar-refractivity contribution is 5.86. The Bertz CT molecular complexity index is 873. The van der Waals surface area contributed by atoms with Gasteiger partial charge in [-0.2, -0.15) is 0 Å². The van der Waals surface area contributed by atoms with Gasteiger partial charge in [0, 0.05) is 19.4 Å². The molecular weight excluding hydrogens is 410 g/mol. The zero-order valence-electron chi connectivity index (χ0n) is 18.3. The molecule has 0 aliphatic rings. The molecule has 2 rings (SSSR count). The molecule has 1 atom stereocenters. The number of hydrogen-bond acceptors (Lipinski definition) is 5. The number of carbonyl (C=O) groups excluding carboxylic acids is 3. The third-order valence-corrected chi connectivity index (χ3v) is 4.86. The average Bonchev–Trinajstić information content (AvgIpc) is 2.80. The van der Waals surface area contributed by atoms with Crippen LogP contribution in [0, 0.1) is 0 Å². The van der Waals surface area contributed by atoms with Crippen LogP contribution in [0.15, 0.2) is 54.6 Å². The maximum absolute atomic E-state index is 12.2. The molecule has 0 radical (unpaired) electrons. The Hall–Kier alpha value is -3.55. The van der Waals surface area contributed by atoms with E-state index in [2.05, 4.69) is 10.6 Å². The molecule has 0 aliphatic carbocycles. The predicted molar refractivity (Wildman–Crippen MR) is 121 cm³/mol. The zero-order chi connectivity index (χ0) is 23.2. The zero-order valence-corrected chi connectivity index (χ0v) is 18.3. The van der Waals surface area contributed by atoms with Gasteiger partial charge >= 0.3 is 6.09 Å². The standard InChI is InChI=1S/C24H31N3O5/c1-31-21-13-8-7-12-19(21)16-20(23(25)29)27-22(28)14-6-3-9-15-26-24(30)32-17-18-10-4-2-5-11-18/h2,4-5,7-8,10-13,20H,3,6,9,14-17H2,1H3,(H2,25,29)(H,26,30)(H,27,28)/t20-/m1/s1. The largest absolute Gasteiger partial charge is 0.496 e. The fourth-order valence-electron chi connectivity index (χ4n) is 3.13. The van der Waals surface area contributed by atoms with E-state index in [0.717, 1.165) is 17.5 Å². The van der Waals surface area contributed by atoms with E-state index in [0.29, 0.717) is 25.1 Å². The van der Waals surface area contributed by atoms with E-state index in [1.807, 2.05) is 48.5 Å². The van der Waals surface area contributed by atoms with E-state index < -0.39 is 18.0 Å². The third-order valence-electron chi connectivity index (χ3n) is 4.86. The molecule has 8 heteroatoms. The van der Waals surface area contributed by atoms with E-state index >= 15 is 0 Å². The highest BCUT2D eigenvalue weighted by atomic mass is 16.5. The highest BCUT2D eigenvalue weighted by Crippen LogP contribution is 2.19. The van der Waals surface area contributed by atoms with E-state index in [1.54, 1.807) is 13.2 Å².